The number of carboxylic acids is 1. The van der Waals surface area contributed by atoms with Crippen LogP contribution in [0.25, 0.3) is 0 Å². The van der Waals surface area contributed by atoms with Gasteiger partial charge in [-0.05, 0) is 49.3 Å². The van der Waals surface area contributed by atoms with Crippen LogP contribution in [0.4, 0.5) is 11.4 Å². The summed E-state index contributed by atoms with van der Waals surface area (Å²) in [5.74, 6) is -0.872. The van der Waals surface area contributed by atoms with Crippen molar-refractivity contribution in [2.24, 2.45) is 5.41 Å². The highest BCUT2D eigenvalue weighted by atomic mass is 16.4. The van der Waals surface area contributed by atoms with E-state index in [0.717, 1.165) is 18.8 Å². The smallest absolute Gasteiger partial charge is 0.337 e. The van der Waals surface area contributed by atoms with Gasteiger partial charge in [-0.3, -0.25) is 0 Å². The van der Waals surface area contributed by atoms with E-state index in [1.165, 1.54) is 44.9 Å². The monoisotopic (exact) mass is 288 g/mol. The van der Waals surface area contributed by atoms with Crippen LogP contribution < -0.4 is 10.6 Å². The summed E-state index contributed by atoms with van der Waals surface area (Å²) in [6.07, 6.45) is 9.16. The van der Waals surface area contributed by atoms with E-state index >= 15 is 0 Å². The number of nitrogen functional groups attached to an aromatic ring is 1. The van der Waals surface area contributed by atoms with Crippen LogP contribution in [0.15, 0.2) is 18.2 Å². The Balaban J connectivity index is 1.77. The van der Waals surface area contributed by atoms with Gasteiger partial charge in [0.25, 0.3) is 0 Å². The van der Waals surface area contributed by atoms with E-state index in [0.29, 0.717) is 16.7 Å². The van der Waals surface area contributed by atoms with Gasteiger partial charge in [0, 0.05) is 18.8 Å². The first-order valence-corrected chi connectivity index (χ1v) is 7.97. The molecule has 2 aliphatic rings. The van der Waals surface area contributed by atoms with Gasteiger partial charge in [0.2, 0.25) is 0 Å². The zero-order valence-electron chi connectivity index (χ0n) is 12.5. The second kappa shape index (κ2) is 5.58. The van der Waals surface area contributed by atoms with Gasteiger partial charge in [0.15, 0.2) is 0 Å². The van der Waals surface area contributed by atoms with E-state index in [1.54, 1.807) is 12.1 Å². The maximum atomic E-state index is 11.4. The normalized spacial score (nSPS) is 21.4. The molecule has 4 nitrogen and oxygen atoms in total. The summed E-state index contributed by atoms with van der Waals surface area (Å²) in [6.45, 7) is 1.90. The van der Waals surface area contributed by atoms with Crippen LogP contribution in [0.3, 0.4) is 0 Å². The van der Waals surface area contributed by atoms with Crippen molar-refractivity contribution < 1.29 is 9.90 Å². The minimum absolute atomic E-state index is 0.365. The molecule has 3 N–H and O–H groups in total. The maximum absolute atomic E-state index is 11.4. The van der Waals surface area contributed by atoms with Gasteiger partial charge in [-0.1, -0.05) is 19.3 Å². The molecule has 0 radical (unpaired) electrons. The second-order valence-electron chi connectivity index (χ2n) is 6.63. The van der Waals surface area contributed by atoms with E-state index in [9.17, 15) is 9.90 Å². The van der Waals surface area contributed by atoms with Gasteiger partial charge >= 0.3 is 5.97 Å². The molecule has 0 amide bonds. The Hall–Kier alpha value is -1.71. The van der Waals surface area contributed by atoms with Crippen molar-refractivity contribution in [3.63, 3.8) is 0 Å². The van der Waals surface area contributed by atoms with Gasteiger partial charge < -0.3 is 15.7 Å². The number of carbonyl (C=O) groups is 1. The number of hydrogen-bond donors (Lipinski definition) is 2. The van der Waals surface area contributed by atoms with Crippen molar-refractivity contribution in [1.82, 2.24) is 0 Å². The largest absolute Gasteiger partial charge is 0.478 e. The first-order chi connectivity index (χ1) is 10.1. The van der Waals surface area contributed by atoms with Gasteiger partial charge in [-0.2, -0.15) is 0 Å². The van der Waals surface area contributed by atoms with Crippen molar-refractivity contribution in [1.29, 1.82) is 0 Å². The molecule has 114 valence electrons. The summed E-state index contributed by atoms with van der Waals surface area (Å²) in [7, 11) is 0. The van der Waals surface area contributed by atoms with Crippen LogP contribution in [-0.2, 0) is 0 Å². The summed E-state index contributed by atoms with van der Waals surface area (Å²) < 4.78 is 0. The third kappa shape index (κ3) is 2.85. The lowest BCUT2D eigenvalue weighted by atomic mass is 9.68. The fourth-order valence-electron chi connectivity index (χ4n) is 4.01. The van der Waals surface area contributed by atoms with Gasteiger partial charge in [0.05, 0.1) is 11.3 Å². The van der Waals surface area contributed by atoms with Crippen molar-refractivity contribution in [2.45, 2.75) is 44.9 Å². The number of nitrogens with two attached hydrogens (primary N) is 1. The zero-order chi connectivity index (χ0) is 14.9. The maximum Gasteiger partial charge on any atom is 0.337 e. The molecular weight excluding hydrogens is 264 g/mol. The number of nitrogens with zero attached hydrogens (tertiary/aromatic N) is 1. The molecule has 1 aromatic carbocycles. The number of hydrogen-bond acceptors (Lipinski definition) is 3. The molecule has 0 unspecified atom stereocenters. The highest BCUT2D eigenvalue weighted by Gasteiger charge is 2.36. The summed E-state index contributed by atoms with van der Waals surface area (Å²) in [5.41, 5.74) is 8.16. The minimum atomic E-state index is -0.872. The Bertz CT molecular complexity index is 526. The molecule has 1 aliphatic carbocycles. The number of carboxylic acid groups (broad SMARTS) is 1. The molecular formula is C17H24N2O2. The van der Waals surface area contributed by atoms with Crippen LogP contribution in [0.5, 0.6) is 0 Å². The molecule has 1 saturated heterocycles. The third-order valence-corrected chi connectivity index (χ3v) is 5.33. The van der Waals surface area contributed by atoms with Crippen LogP contribution in [0.1, 0.15) is 55.3 Å². The molecule has 1 heterocycles. The molecule has 1 aliphatic heterocycles. The molecule has 2 fully saturated rings. The fraction of sp³-hybridized carbons (Fsp3) is 0.588. The van der Waals surface area contributed by atoms with E-state index in [2.05, 4.69) is 4.90 Å². The van der Waals surface area contributed by atoms with Gasteiger partial charge in [-0.25, -0.2) is 4.79 Å². The zero-order valence-corrected chi connectivity index (χ0v) is 12.5. The Morgan fingerprint density at radius 3 is 2.38 bits per heavy atom. The second-order valence-corrected chi connectivity index (χ2v) is 6.63. The number of anilines is 2. The van der Waals surface area contributed by atoms with E-state index in [4.69, 9.17) is 5.73 Å². The van der Waals surface area contributed by atoms with Crippen LogP contribution in [-0.4, -0.2) is 24.2 Å². The average Bonchev–Trinajstić information content (AvgIpc) is 2.48. The van der Waals surface area contributed by atoms with Crippen LogP contribution in [0, 0.1) is 5.41 Å². The van der Waals surface area contributed by atoms with Crippen LogP contribution >= 0.6 is 0 Å². The van der Waals surface area contributed by atoms with Crippen molar-refractivity contribution >= 4 is 17.3 Å². The molecule has 0 aromatic heterocycles. The lowest BCUT2D eigenvalue weighted by molar-refractivity contribution is 0.0697. The number of rotatable bonds is 2. The Kier molecular flexibility index (Phi) is 3.79. The number of aromatic carboxylic acids is 1. The van der Waals surface area contributed by atoms with E-state index in [1.807, 2.05) is 6.07 Å². The average molecular weight is 288 g/mol. The molecule has 0 bridgehead atoms. The van der Waals surface area contributed by atoms with Crippen molar-refractivity contribution in [3.8, 4) is 0 Å². The topological polar surface area (TPSA) is 66.6 Å². The molecule has 1 spiro atoms. The Morgan fingerprint density at radius 1 is 1.10 bits per heavy atom. The third-order valence-electron chi connectivity index (χ3n) is 5.33. The van der Waals surface area contributed by atoms with E-state index < -0.39 is 5.97 Å². The first-order valence-electron chi connectivity index (χ1n) is 7.97. The molecule has 1 aromatic rings. The predicted molar refractivity (Wildman–Crippen MR) is 84.8 cm³/mol. The first kappa shape index (κ1) is 14.2. The summed E-state index contributed by atoms with van der Waals surface area (Å²) in [4.78, 5) is 13.6. The summed E-state index contributed by atoms with van der Waals surface area (Å²) in [5, 5.41) is 9.36. The molecule has 21 heavy (non-hydrogen) atoms. The SMILES string of the molecule is Nc1ccc(C(=O)O)c(N2CCC3(CCCCC3)CC2)c1. The van der Waals surface area contributed by atoms with E-state index in [-0.39, 0.29) is 0 Å². The summed E-state index contributed by atoms with van der Waals surface area (Å²) >= 11 is 0. The highest BCUT2D eigenvalue weighted by molar-refractivity contribution is 5.95. The fourth-order valence-corrected chi connectivity index (χ4v) is 4.01. The Labute approximate surface area is 125 Å². The van der Waals surface area contributed by atoms with Crippen LogP contribution in [0.2, 0.25) is 0 Å². The number of piperidine rings is 1. The van der Waals surface area contributed by atoms with Crippen molar-refractivity contribution in [2.75, 3.05) is 23.7 Å². The summed E-state index contributed by atoms with van der Waals surface area (Å²) in [6, 6.07) is 5.10. The number of benzene rings is 1. The van der Waals surface area contributed by atoms with Gasteiger partial charge in [-0.15, -0.1) is 0 Å². The predicted octanol–water partition coefficient (Wildman–Crippen LogP) is 3.52. The molecule has 1 saturated carbocycles. The van der Waals surface area contributed by atoms with Crippen molar-refractivity contribution in [3.05, 3.63) is 23.8 Å². The molecule has 3 rings (SSSR count). The standard InChI is InChI=1S/C17H24N2O2/c18-13-4-5-14(16(20)21)15(12-13)19-10-8-17(9-11-19)6-2-1-3-7-17/h4-5,12H,1-3,6-11,18H2,(H,20,21). The minimum Gasteiger partial charge on any atom is -0.478 e. The van der Waals surface area contributed by atoms with Gasteiger partial charge in [0.1, 0.15) is 0 Å². The Morgan fingerprint density at radius 2 is 1.76 bits per heavy atom. The quantitative estimate of drug-likeness (QED) is 0.817. The molecule has 4 heteroatoms. The molecule has 0 atom stereocenters. The highest BCUT2D eigenvalue weighted by Crippen LogP contribution is 2.45. The lowest BCUT2D eigenvalue weighted by Crippen LogP contribution is -2.41. The lowest BCUT2D eigenvalue weighted by Gasteiger charge is -2.45.